The Morgan fingerprint density at radius 2 is 2.38 bits per heavy atom. The predicted octanol–water partition coefficient (Wildman–Crippen LogP) is 1.73. The molecule has 108 valence electrons. The summed E-state index contributed by atoms with van der Waals surface area (Å²) in [6.07, 6.45) is 5.82. The fourth-order valence-corrected chi connectivity index (χ4v) is 4.25. The lowest BCUT2D eigenvalue weighted by Gasteiger charge is -2.21. The van der Waals surface area contributed by atoms with E-state index in [9.17, 15) is 9.59 Å². The van der Waals surface area contributed by atoms with E-state index in [0.29, 0.717) is 23.3 Å². The van der Waals surface area contributed by atoms with E-state index in [-0.39, 0.29) is 11.9 Å². The zero-order chi connectivity index (χ0) is 14.4. The number of hydrogen-bond acceptors (Lipinski definition) is 5. The number of nitrogens with zero attached hydrogens (tertiary/aromatic N) is 1. The summed E-state index contributed by atoms with van der Waals surface area (Å²) < 4.78 is 0.926. The van der Waals surface area contributed by atoms with Crippen LogP contribution < -0.4 is 10.6 Å². The van der Waals surface area contributed by atoms with Crippen LogP contribution in [0.1, 0.15) is 40.1 Å². The second-order valence-electron chi connectivity index (χ2n) is 5.74. The number of carbonyl (C=O) groups excluding carboxylic acids is 2. The van der Waals surface area contributed by atoms with Crippen molar-refractivity contribution in [3.8, 4) is 0 Å². The van der Waals surface area contributed by atoms with Crippen molar-refractivity contribution < 1.29 is 9.59 Å². The molecule has 4 heterocycles. The average Bonchev–Trinajstić information content (AvgIpc) is 3.21. The van der Waals surface area contributed by atoms with Gasteiger partial charge in [-0.2, -0.15) is 0 Å². The lowest BCUT2D eigenvalue weighted by Crippen LogP contribution is -2.43. The fourth-order valence-electron chi connectivity index (χ4n) is 3.39. The molecule has 0 aliphatic carbocycles. The number of aldehydes is 1. The molecule has 2 aromatic rings. The summed E-state index contributed by atoms with van der Waals surface area (Å²) >= 11 is 1.47. The minimum absolute atomic E-state index is 0.153. The number of pyridine rings is 1. The Hall–Kier alpha value is -1.79. The maximum Gasteiger partial charge on any atom is 0.270 e. The van der Waals surface area contributed by atoms with Gasteiger partial charge < -0.3 is 10.6 Å². The Balaban J connectivity index is 1.57. The minimum atomic E-state index is -0.153. The van der Waals surface area contributed by atoms with Crippen LogP contribution in [0.15, 0.2) is 17.6 Å². The third-order valence-electron chi connectivity index (χ3n) is 4.47. The summed E-state index contributed by atoms with van der Waals surface area (Å²) in [6, 6.07) is 2.86. The molecule has 2 bridgehead atoms. The highest BCUT2D eigenvalue weighted by Gasteiger charge is 2.39. The van der Waals surface area contributed by atoms with Gasteiger partial charge >= 0.3 is 0 Å². The minimum Gasteiger partial charge on any atom is -0.346 e. The van der Waals surface area contributed by atoms with Gasteiger partial charge in [-0.15, -0.1) is 11.3 Å². The Labute approximate surface area is 125 Å². The van der Waals surface area contributed by atoms with Crippen molar-refractivity contribution in [3.63, 3.8) is 0 Å². The normalized spacial score (nSPS) is 27.1. The van der Waals surface area contributed by atoms with E-state index < -0.39 is 0 Å². The van der Waals surface area contributed by atoms with E-state index >= 15 is 0 Å². The Morgan fingerprint density at radius 1 is 1.48 bits per heavy atom. The number of thiophene rings is 1. The molecule has 2 aliphatic rings. The van der Waals surface area contributed by atoms with Crippen LogP contribution in [-0.4, -0.2) is 35.3 Å². The van der Waals surface area contributed by atoms with Crippen molar-refractivity contribution in [1.82, 2.24) is 15.6 Å². The van der Waals surface area contributed by atoms with Crippen molar-refractivity contribution in [2.75, 3.05) is 0 Å². The van der Waals surface area contributed by atoms with Gasteiger partial charge in [0.05, 0.1) is 4.70 Å². The topological polar surface area (TPSA) is 71.1 Å². The van der Waals surface area contributed by atoms with Crippen LogP contribution in [0.4, 0.5) is 0 Å². The first-order chi connectivity index (χ1) is 10.2. The zero-order valence-corrected chi connectivity index (χ0v) is 12.2. The Morgan fingerprint density at radius 3 is 3.10 bits per heavy atom. The number of nitrogens with one attached hydrogen (secondary N) is 2. The first-order valence-electron chi connectivity index (χ1n) is 7.14. The van der Waals surface area contributed by atoms with E-state index in [1.807, 2.05) is 0 Å². The predicted molar refractivity (Wildman–Crippen MR) is 80.8 cm³/mol. The maximum absolute atomic E-state index is 12.4. The van der Waals surface area contributed by atoms with Crippen molar-refractivity contribution >= 4 is 33.6 Å². The quantitative estimate of drug-likeness (QED) is 0.847. The molecule has 4 rings (SSSR count). The number of hydrogen-bond donors (Lipinski definition) is 2. The molecule has 3 atom stereocenters. The zero-order valence-electron chi connectivity index (χ0n) is 11.3. The van der Waals surface area contributed by atoms with E-state index in [2.05, 4.69) is 15.6 Å². The van der Waals surface area contributed by atoms with Crippen LogP contribution in [-0.2, 0) is 0 Å². The van der Waals surface area contributed by atoms with Crippen LogP contribution in [0.2, 0.25) is 0 Å². The molecular weight excluding hydrogens is 286 g/mol. The highest BCUT2D eigenvalue weighted by atomic mass is 32.1. The fraction of sp³-hybridized carbons (Fsp3) is 0.400. The summed E-state index contributed by atoms with van der Waals surface area (Å²) in [5, 5.41) is 9.17. The van der Waals surface area contributed by atoms with Gasteiger partial charge in [0.25, 0.3) is 5.91 Å². The standard InChI is InChI=1S/C15H15N3O2S/c19-6-8-7-21-14-5-16-13(4-10(8)14)15(20)18-12-3-9-1-2-11(12)17-9/h4-7,9,11-12,17H,1-3H2,(H,18,20)/t9-,11+,12-/m1/s1. The first kappa shape index (κ1) is 12.9. The highest BCUT2D eigenvalue weighted by molar-refractivity contribution is 7.17. The third-order valence-corrected chi connectivity index (χ3v) is 5.42. The van der Waals surface area contributed by atoms with Crippen LogP contribution in [0.25, 0.3) is 10.1 Å². The summed E-state index contributed by atoms with van der Waals surface area (Å²) in [5.74, 6) is -0.153. The molecule has 2 aliphatic heterocycles. The molecule has 0 spiro atoms. The highest BCUT2D eigenvalue weighted by Crippen LogP contribution is 2.29. The van der Waals surface area contributed by atoms with Gasteiger partial charge in [0.15, 0.2) is 6.29 Å². The maximum atomic E-state index is 12.4. The molecule has 0 radical (unpaired) electrons. The Bertz CT molecular complexity index is 727. The molecule has 0 unspecified atom stereocenters. The third kappa shape index (κ3) is 2.15. The lowest BCUT2D eigenvalue weighted by molar-refractivity contribution is 0.0925. The largest absolute Gasteiger partial charge is 0.346 e. The van der Waals surface area contributed by atoms with Gasteiger partial charge in [-0.3, -0.25) is 9.59 Å². The molecular formula is C15H15N3O2S. The number of rotatable bonds is 3. The number of fused-ring (bicyclic) bond motifs is 3. The number of aromatic nitrogens is 1. The lowest BCUT2D eigenvalue weighted by atomic mass is 9.95. The molecule has 2 N–H and O–H groups in total. The van der Waals surface area contributed by atoms with E-state index in [1.165, 1.54) is 17.8 Å². The van der Waals surface area contributed by atoms with Gasteiger partial charge in [-0.25, -0.2) is 4.98 Å². The van der Waals surface area contributed by atoms with Gasteiger partial charge in [-0.1, -0.05) is 0 Å². The summed E-state index contributed by atoms with van der Waals surface area (Å²) in [5.41, 5.74) is 1.000. The molecule has 1 amide bonds. The van der Waals surface area contributed by atoms with Crippen molar-refractivity contribution in [1.29, 1.82) is 0 Å². The van der Waals surface area contributed by atoms with Crippen LogP contribution in [0, 0.1) is 0 Å². The molecule has 2 fully saturated rings. The molecule has 2 saturated heterocycles. The second-order valence-corrected chi connectivity index (χ2v) is 6.65. The van der Waals surface area contributed by atoms with E-state index in [1.54, 1.807) is 17.6 Å². The van der Waals surface area contributed by atoms with Gasteiger partial charge in [0.1, 0.15) is 5.69 Å². The molecule has 21 heavy (non-hydrogen) atoms. The molecule has 5 nitrogen and oxygen atoms in total. The van der Waals surface area contributed by atoms with E-state index in [4.69, 9.17) is 0 Å². The van der Waals surface area contributed by atoms with Crippen LogP contribution in [0.5, 0.6) is 0 Å². The van der Waals surface area contributed by atoms with Gasteiger partial charge in [-0.05, 0) is 25.3 Å². The van der Waals surface area contributed by atoms with Crippen LogP contribution in [0.3, 0.4) is 0 Å². The average molecular weight is 301 g/mol. The monoisotopic (exact) mass is 301 g/mol. The summed E-state index contributed by atoms with van der Waals surface area (Å²) in [7, 11) is 0. The van der Waals surface area contributed by atoms with E-state index in [0.717, 1.165) is 29.2 Å². The Kier molecular flexibility index (Phi) is 3.01. The van der Waals surface area contributed by atoms with Crippen LogP contribution >= 0.6 is 11.3 Å². The SMILES string of the molecule is O=Cc1csc2cnc(C(=O)N[C@@H]3C[C@H]4CC[C@@H]3N4)cc12. The number of carbonyl (C=O) groups is 2. The summed E-state index contributed by atoms with van der Waals surface area (Å²) in [4.78, 5) is 27.6. The van der Waals surface area contributed by atoms with Crippen molar-refractivity contribution in [3.05, 3.63) is 28.9 Å². The molecule has 6 heteroatoms. The second kappa shape index (κ2) is 4.89. The van der Waals surface area contributed by atoms with Gasteiger partial charge in [0.2, 0.25) is 0 Å². The summed E-state index contributed by atoms with van der Waals surface area (Å²) in [6.45, 7) is 0. The van der Waals surface area contributed by atoms with Crippen molar-refractivity contribution in [2.45, 2.75) is 37.4 Å². The molecule has 0 saturated carbocycles. The van der Waals surface area contributed by atoms with Crippen molar-refractivity contribution in [2.24, 2.45) is 0 Å². The van der Waals surface area contributed by atoms with Gasteiger partial charge in [0, 0.05) is 40.7 Å². The number of amides is 1. The first-order valence-corrected chi connectivity index (χ1v) is 8.02. The molecule has 2 aromatic heterocycles. The molecule has 0 aromatic carbocycles. The smallest absolute Gasteiger partial charge is 0.270 e.